The molecule has 0 radical (unpaired) electrons. The fourth-order valence-electron chi connectivity index (χ4n) is 2.06. The molecular formula is C17H18N2O3. The predicted molar refractivity (Wildman–Crippen MR) is 86.1 cm³/mol. The third-order valence-corrected chi connectivity index (χ3v) is 3.24. The molecule has 0 atom stereocenters. The molecule has 22 heavy (non-hydrogen) atoms. The summed E-state index contributed by atoms with van der Waals surface area (Å²) in [5.41, 5.74) is 2.71. The number of benzene rings is 2. The van der Waals surface area contributed by atoms with Gasteiger partial charge in [0.1, 0.15) is 0 Å². The van der Waals surface area contributed by atoms with Crippen LogP contribution in [0.1, 0.15) is 15.9 Å². The molecule has 0 heterocycles. The van der Waals surface area contributed by atoms with Gasteiger partial charge in [0, 0.05) is 11.4 Å². The largest absolute Gasteiger partial charge is 0.465 e. The van der Waals surface area contributed by atoms with Crippen LogP contribution in [0.3, 0.4) is 0 Å². The molecule has 0 bridgehead atoms. The van der Waals surface area contributed by atoms with Crippen LogP contribution in [0.25, 0.3) is 0 Å². The monoisotopic (exact) mass is 298 g/mol. The average molecular weight is 298 g/mol. The molecule has 0 saturated carbocycles. The maximum atomic E-state index is 11.9. The number of para-hydroxylation sites is 1. The van der Waals surface area contributed by atoms with E-state index >= 15 is 0 Å². The lowest BCUT2D eigenvalue weighted by molar-refractivity contribution is -0.114. The quantitative estimate of drug-likeness (QED) is 0.833. The molecular weight excluding hydrogens is 280 g/mol. The fraction of sp³-hybridized carbons (Fsp3) is 0.176. The first kappa shape index (κ1) is 15.6. The van der Waals surface area contributed by atoms with Crippen molar-refractivity contribution in [1.29, 1.82) is 0 Å². The van der Waals surface area contributed by atoms with Crippen LogP contribution in [0.5, 0.6) is 0 Å². The van der Waals surface area contributed by atoms with Crippen molar-refractivity contribution in [2.75, 3.05) is 24.3 Å². The average Bonchev–Trinajstić information content (AvgIpc) is 2.54. The number of carbonyl (C=O) groups excluding carboxylic acids is 2. The molecule has 5 heteroatoms. The minimum absolute atomic E-state index is 0.111. The standard InChI is InChI=1S/C17H18N2O3/c1-12-14(17(21)22-2)9-6-10-15(12)18-11-16(20)19-13-7-4-3-5-8-13/h3-10,18H,11H2,1-2H3,(H,19,20). The summed E-state index contributed by atoms with van der Waals surface area (Å²) in [7, 11) is 1.34. The summed E-state index contributed by atoms with van der Waals surface area (Å²) in [4.78, 5) is 23.5. The fourth-order valence-corrected chi connectivity index (χ4v) is 2.06. The molecule has 114 valence electrons. The maximum absolute atomic E-state index is 11.9. The van der Waals surface area contributed by atoms with E-state index in [1.165, 1.54) is 7.11 Å². The van der Waals surface area contributed by atoms with E-state index in [1.807, 2.05) is 43.3 Å². The van der Waals surface area contributed by atoms with E-state index in [-0.39, 0.29) is 12.5 Å². The Bertz CT molecular complexity index is 669. The molecule has 0 unspecified atom stereocenters. The number of ether oxygens (including phenoxy) is 1. The Morgan fingerprint density at radius 3 is 2.45 bits per heavy atom. The van der Waals surface area contributed by atoms with Crippen LogP contribution in [0, 0.1) is 6.92 Å². The van der Waals surface area contributed by atoms with Gasteiger partial charge in [0.15, 0.2) is 0 Å². The zero-order valence-corrected chi connectivity index (χ0v) is 12.6. The highest BCUT2D eigenvalue weighted by Gasteiger charge is 2.12. The van der Waals surface area contributed by atoms with Crippen molar-refractivity contribution in [1.82, 2.24) is 0 Å². The van der Waals surface area contributed by atoms with Gasteiger partial charge in [-0.3, -0.25) is 4.79 Å². The minimum Gasteiger partial charge on any atom is -0.465 e. The van der Waals surface area contributed by atoms with Gasteiger partial charge >= 0.3 is 5.97 Å². The van der Waals surface area contributed by atoms with Crippen LogP contribution in [-0.2, 0) is 9.53 Å². The number of hydrogen-bond acceptors (Lipinski definition) is 4. The summed E-state index contributed by atoms with van der Waals surface area (Å²) in [6.07, 6.45) is 0. The highest BCUT2D eigenvalue weighted by atomic mass is 16.5. The molecule has 0 aliphatic heterocycles. The van der Waals surface area contributed by atoms with Gasteiger partial charge in [-0.05, 0) is 36.8 Å². The van der Waals surface area contributed by atoms with Gasteiger partial charge in [-0.1, -0.05) is 24.3 Å². The topological polar surface area (TPSA) is 67.4 Å². The number of hydrogen-bond donors (Lipinski definition) is 2. The Balaban J connectivity index is 2.00. The molecule has 0 spiro atoms. The van der Waals surface area contributed by atoms with Crippen LogP contribution in [-0.4, -0.2) is 25.5 Å². The Kier molecular flexibility index (Phi) is 5.14. The second kappa shape index (κ2) is 7.26. The number of anilines is 2. The predicted octanol–water partition coefficient (Wildman–Crippen LogP) is 2.83. The zero-order valence-electron chi connectivity index (χ0n) is 12.6. The van der Waals surface area contributed by atoms with Crippen molar-refractivity contribution >= 4 is 23.3 Å². The summed E-state index contributed by atoms with van der Waals surface area (Å²) in [5, 5.41) is 5.82. The molecule has 0 aliphatic rings. The normalized spacial score (nSPS) is 9.91. The zero-order chi connectivity index (χ0) is 15.9. The number of rotatable bonds is 5. The molecule has 2 rings (SSSR count). The smallest absolute Gasteiger partial charge is 0.338 e. The first-order valence-corrected chi connectivity index (χ1v) is 6.88. The lowest BCUT2D eigenvalue weighted by Crippen LogP contribution is -2.22. The second-order valence-electron chi connectivity index (χ2n) is 4.74. The molecule has 2 aromatic rings. The Morgan fingerprint density at radius 2 is 1.77 bits per heavy atom. The van der Waals surface area contributed by atoms with Gasteiger partial charge in [-0.25, -0.2) is 4.79 Å². The van der Waals surface area contributed by atoms with Crippen LogP contribution >= 0.6 is 0 Å². The third-order valence-electron chi connectivity index (χ3n) is 3.24. The number of nitrogens with one attached hydrogen (secondary N) is 2. The molecule has 0 fully saturated rings. The first-order chi connectivity index (χ1) is 10.6. The Morgan fingerprint density at radius 1 is 1.05 bits per heavy atom. The molecule has 0 aliphatic carbocycles. The highest BCUT2D eigenvalue weighted by molar-refractivity contribution is 5.95. The van der Waals surface area contributed by atoms with E-state index in [9.17, 15) is 9.59 Å². The van der Waals surface area contributed by atoms with E-state index in [0.717, 1.165) is 16.9 Å². The molecule has 0 aromatic heterocycles. The summed E-state index contributed by atoms with van der Waals surface area (Å²) >= 11 is 0. The summed E-state index contributed by atoms with van der Waals surface area (Å²) < 4.78 is 4.73. The van der Waals surface area contributed by atoms with Gasteiger partial charge in [0.25, 0.3) is 0 Å². The summed E-state index contributed by atoms with van der Waals surface area (Å²) in [5.74, 6) is -0.552. The molecule has 5 nitrogen and oxygen atoms in total. The number of amides is 1. The molecule has 1 amide bonds. The van der Waals surface area contributed by atoms with E-state index in [0.29, 0.717) is 5.56 Å². The SMILES string of the molecule is COC(=O)c1cccc(NCC(=O)Nc2ccccc2)c1C. The van der Waals surface area contributed by atoms with Crippen molar-refractivity contribution in [3.05, 3.63) is 59.7 Å². The van der Waals surface area contributed by atoms with E-state index in [4.69, 9.17) is 4.74 Å². The Labute approximate surface area is 129 Å². The second-order valence-corrected chi connectivity index (χ2v) is 4.74. The van der Waals surface area contributed by atoms with Gasteiger partial charge in [0.2, 0.25) is 5.91 Å². The van der Waals surface area contributed by atoms with Gasteiger partial charge in [0.05, 0.1) is 19.2 Å². The van der Waals surface area contributed by atoms with Crippen LogP contribution in [0.2, 0.25) is 0 Å². The number of methoxy groups -OCH3 is 1. The maximum Gasteiger partial charge on any atom is 0.338 e. The van der Waals surface area contributed by atoms with Crippen molar-refractivity contribution in [2.45, 2.75) is 6.92 Å². The van der Waals surface area contributed by atoms with Crippen LogP contribution in [0.4, 0.5) is 11.4 Å². The van der Waals surface area contributed by atoms with E-state index < -0.39 is 5.97 Å². The molecule has 2 N–H and O–H groups in total. The highest BCUT2D eigenvalue weighted by Crippen LogP contribution is 2.19. The van der Waals surface area contributed by atoms with E-state index in [2.05, 4.69) is 10.6 Å². The Hall–Kier alpha value is -2.82. The van der Waals surface area contributed by atoms with Crippen molar-refractivity contribution in [3.8, 4) is 0 Å². The first-order valence-electron chi connectivity index (χ1n) is 6.88. The third kappa shape index (κ3) is 3.85. The van der Waals surface area contributed by atoms with Gasteiger partial charge in [-0.2, -0.15) is 0 Å². The lowest BCUT2D eigenvalue weighted by atomic mass is 10.1. The van der Waals surface area contributed by atoms with Gasteiger partial charge in [-0.15, -0.1) is 0 Å². The van der Waals surface area contributed by atoms with E-state index in [1.54, 1.807) is 12.1 Å². The molecule has 0 saturated heterocycles. The van der Waals surface area contributed by atoms with Crippen LogP contribution < -0.4 is 10.6 Å². The van der Waals surface area contributed by atoms with Crippen molar-refractivity contribution in [2.24, 2.45) is 0 Å². The number of carbonyl (C=O) groups is 2. The lowest BCUT2D eigenvalue weighted by Gasteiger charge is -2.12. The van der Waals surface area contributed by atoms with Gasteiger partial charge < -0.3 is 15.4 Å². The number of esters is 1. The summed E-state index contributed by atoms with van der Waals surface area (Å²) in [6.45, 7) is 1.92. The van der Waals surface area contributed by atoms with Crippen LogP contribution in [0.15, 0.2) is 48.5 Å². The minimum atomic E-state index is -0.394. The molecule has 2 aromatic carbocycles. The van der Waals surface area contributed by atoms with Crippen molar-refractivity contribution < 1.29 is 14.3 Å². The summed E-state index contributed by atoms with van der Waals surface area (Å²) in [6, 6.07) is 14.5. The van der Waals surface area contributed by atoms with Crippen molar-refractivity contribution in [3.63, 3.8) is 0 Å².